The topological polar surface area (TPSA) is 29.3 Å². The number of hydrogen-bond acceptors (Lipinski definition) is 2. The Morgan fingerprint density at radius 3 is 2.15 bits per heavy atom. The average Bonchev–Trinajstić information content (AvgIpc) is 2.04. The van der Waals surface area contributed by atoms with E-state index in [-0.39, 0.29) is 12.4 Å². The van der Waals surface area contributed by atoms with Crippen LogP contribution in [-0.2, 0) is 13.1 Å². The number of rotatable bonds is 3. The molecule has 0 bridgehead atoms. The number of nitrogens with two attached hydrogens (primary N) is 1. The summed E-state index contributed by atoms with van der Waals surface area (Å²) in [6, 6.07) is 8.29. The molecule has 0 spiro atoms. The first-order valence-electron chi connectivity index (χ1n) is 4.15. The molecule has 0 aliphatic carbocycles. The summed E-state index contributed by atoms with van der Waals surface area (Å²) in [6.45, 7) is 1.59. The van der Waals surface area contributed by atoms with Crippen LogP contribution in [0.2, 0.25) is 0 Å². The summed E-state index contributed by atoms with van der Waals surface area (Å²) in [5.41, 5.74) is 8.17. The van der Waals surface area contributed by atoms with Crippen molar-refractivity contribution < 1.29 is 0 Å². The molecule has 0 amide bonds. The number of halogens is 1. The van der Waals surface area contributed by atoms with Gasteiger partial charge in [0.1, 0.15) is 0 Å². The highest BCUT2D eigenvalue weighted by molar-refractivity contribution is 5.85. The van der Waals surface area contributed by atoms with Gasteiger partial charge in [0.15, 0.2) is 0 Å². The molecule has 3 heteroatoms. The van der Waals surface area contributed by atoms with Gasteiger partial charge in [-0.05, 0) is 25.2 Å². The Kier molecular flexibility index (Phi) is 5.71. The zero-order valence-corrected chi connectivity index (χ0v) is 8.97. The van der Waals surface area contributed by atoms with E-state index in [1.165, 1.54) is 11.1 Å². The van der Waals surface area contributed by atoms with Crippen molar-refractivity contribution in [3.8, 4) is 0 Å². The van der Waals surface area contributed by atoms with Gasteiger partial charge in [0.05, 0.1) is 0 Å². The van der Waals surface area contributed by atoms with Crippen LogP contribution in [0.3, 0.4) is 0 Å². The van der Waals surface area contributed by atoms with E-state index >= 15 is 0 Å². The molecular formula is C10H17ClN2. The molecule has 0 aromatic heterocycles. The summed E-state index contributed by atoms with van der Waals surface area (Å²) >= 11 is 0. The van der Waals surface area contributed by atoms with Crippen LogP contribution in [0.5, 0.6) is 0 Å². The smallest absolute Gasteiger partial charge is 0.0230 e. The quantitative estimate of drug-likeness (QED) is 0.804. The van der Waals surface area contributed by atoms with Crippen LogP contribution < -0.4 is 5.73 Å². The van der Waals surface area contributed by atoms with Crippen molar-refractivity contribution in [2.24, 2.45) is 5.73 Å². The van der Waals surface area contributed by atoms with E-state index in [9.17, 15) is 0 Å². The third-order valence-corrected chi connectivity index (χ3v) is 1.82. The summed E-state index contributed by atoms with van der Waals surface area (Å²) in [4.78, 5) is 2.15. The van der Waals surface area contributed by atoms with E-state index in [1.807, 2.05) is 6.07 Å². The highest BCUT2D eigenvalue weighted by atomic mass is 35.5. The van der Waals surface area contributed by atoms with Crippen LogP contribution in [0, 0.1) is 0 Å². The van der Waals surface area contributed by atoms with Crippen molar-refractivity contribution in [3.63, 3.8) is 0 Å². The van der Waals surface area contributed by atoms with Crippen LogP contribution in [-0.4, -0.2) is 19.0 Å². The molecule has 0 radical (unpaired) electrons. The van der Waals surface area contributed by atoms with Gasteiger partial charge in [-0.25, -0.2) is 0 Å². The number of nitrogens with zero attached hydrogens (tertiary/aromatic N) is 1. The monoisotopic (exact) mass is 200 g/mol. The largest absolute Gasteiger partial charge is 0.326 e. The van der Waals surface area contributed by atoms with Gasteiger partial charge in [-0.3, -0.25) is 0 Å². The second-order valence-electron chi connectivity index (χ2n) is 3.21. The van der Waals surface area contributed by atoms with E-state index in [1.54, 1.807) is 0 Å². The molecular weight excluding hydrogens is 184 g/mol. The zero-order chi connectivity index (χ0) is 8.97. The molecule has 13 heavy (non-hydrogen) atoms. The van der Waals surface area contributed by atoms with Crippen LogP contribution >= 0.6 is 12.4 Å². The molecule has 0 aliphatic rings. The third-order valence-electron chi connectivity index (χ3n) is 1.82. The second-order valence-corrected chi connectivity index (χ2v) is 3.21. The molecule has 2 N–H and O–H groups in total. The van der Waals surface area contributed by atoms with Crippen molar-refractivity contribution >= 4 is 12.4 Å². The van der Waals surface area contributed by atoms with Crippen LogP contribution in [0.25, 0.3) is 0 Å². The van der Waals surface area contributed by atoms with Gasteiger partial charge < -0.3 is 10.6 Å². The first-order valence-corrected chi connectivity index (χ1v) is 4.15. The Labute approximate surface area is 86.1 Å². The van der Waals surface area contributed by atoms with E-state index in [4.69, 9.17) is 5.73 Å². The molecule has 0 aliphatic heterocycles. The fourth-order valence-electron chi connectivity index (χ4n) is 1.25. The van der Waals surface area contributed by atoms with Gasteiger partial charge >= 0.3 is 0 Å². The molecule has 74 valence electrons. The molecule has 0 fully saturated rings. The normalized spacial score (nSPS) is 9.85. The van der Waals surface area contributed by atoms with Crippen molar-refractivity contribution in [1.82, 2.24) is 4.90 Å². The lowest BCUT2D eigenvalue weighted by atomic mass is 10.1. The SMILES string of the molecule is CN(C)Cc1ccccc1CN.Cl. The maximum absolute atomic E-state index is 5.61. The lowest BCUT2D eigenvalue weighted by Crippen LogP contribution is -2.13. The number of hydrogen-bond donors (Lipinski definition) is 1. The van der Waals surface area contributed by atoms with Crippen molar-refractivity contribution in [2.75, 3.05) is 14.1 Å². The Morgan fingerprint density at radius 2 is 1.69 bits per heavy atom. The van der Waals surface area contributed by atoms with Crippen LogP contribution in [0.4, 0.5) is 0 Å². The van der Waals surface area contributed by atoms with Gasteiger partial charge in [-0.15, -0.1) is 12.4 Å². The molecule has 2 nitrogen and oxygen atoms in total. The minimum atomic E-state index is 0. The molecule has 1 aromatic carbocycles. The van der Waals surface area contributed by atoms with Gasteiger partial charge in [0.25, 0.3) is 0 Å². The lowest BCUT2D eigenvalue weighted by molar-refractivity contribution is 0.401. The van der Waals surface area contributed by atoms with Crippen LogP contribution in [0.1, 0.15) is 11.1 Å². The van der Waals surface area contributed by atoms with E-state index in [0.29, 0.717) is 6.54 Å². The van der Waals surface area contributed by atoms with Crippen molar-refractivity contribution in [2.45, 2.75) is 13.1 Å². The predicted octanol–water partition coefficient (Wildman–Crippen LogP) is 1.63. The minimum absolute atomic E-state index is 0. The summed E-state index contributed by atoms with van der Waals surface area (Å²) in [5.74, 6) is 0. The molecule has 0 heterocycles. The van der Waals surface area contributed by atoms with E-state index < -0.39 is 0 Å². The van der Waals surface area contributed by atoms with Gasteiger partial charge in [-0.2, -0.15) is 0 Å². The molecule has 0 unspecified atom stereocenters. The van der Waals surface area contributed by atoms with Gasteiger partial charge in [0.2, 0.25) is 0 Å². The highest BCUT2D eigenvalue weighted by Crippen LogP contribution is 2.08. The fourth-order valence-corrected chi connectivity index (χ4v) is 1.25. The molecule has 0 saturated carbocycles. The second kappa shape index (κ2) is 5.97. The Hall–Kier alpha value is -0.570. The van der Waals surface area contributed by atoms with Crippen molar-refractivity contribution in [1.29, 1.82) is 0 Å². The van der Waals surface area contributed by atoms with Crippen LogP contribution in [0.15, 0.2) is 24.3 Å². The number of benzene rings is 1. The molecule has 0 saturated heterocycles. The standard InChI is InChI=1S/C10H16N2.ClH/c1-12(2)8-10-6-4-3-5-9(10)7-11;/h3-6H,7-8,11H2,1-2H3;1H. The van der Waals surface area contributed by atoms with Gasteiger partial charge in [-0.1, -0.05) is 24.3 Å². The summed E-state index contributed by atoms with van der Waals surface area (Å²) in [5, 5.41) is 0. The zero-order valence-electron chi connectivity index (χ0n) is 8.16. The fraction of sp³-hybridized carbons (Fsp3) is 0.400. The third kappa shape index (κ3) is 3.77. The highest BCUT2D eigenvalue weighted by Gasteiger charge is 1.99. The lowest BCUT2D eigenvalue weighted by Gasteiger charge is -2.12. The first kappa shape index (κ1) is 12.4. The summed E-state index contributed by atoms with van der Waals surface area (Å²) < 4.78 is 0. The Balaban J connectivity index is 0.00000144. The van der Waals surface area contributed by atoms with Gasteiger partial charge in [0, 0.05) is 13.1 Å². The maximum Gasteiger partial charge on any atom is 0.0230 e. The Bertz CT molecular complexity index is 248. The van der Waals surface area contributed by atoms with Crippen molar-refractivity contribution in [3.05, 3.63) is 35.4 Å². The molecule has 0 atom stereocenters. The summed E-state index contributed by atoms with van der Waals surface area (Å²) in [7, 11) is 4.13. The molecule has 1 aromatic rings. The predicted molar refractivity (Wildman–Crippen MR) is 59.0 cm³/mol. The first-order chi connectivity index (χ1) is 5.74. The maximum atomic E-state index is 5.61. The van der Waals surface area contributed by atoms with E-state index in [2.05, 4.69) is 37.2 Å². The minimum Gasteiger partial charge on any atom is -0.326 e. The molecule has 1 rings (SSSR count). The average molecular weight is 201 g/mol. The Morgan fingerprint density at radius 1 is 1.15 bits per heavy atom. The summed E-state index contributed by atoms with van der Waals surface area (Å²) in [6.07, 6.45) is 0. The van der Waals surface area contributed by atoms with E-state index in [0.717, 1.165) is 6.54 Å².